The van der Waals surface area contributed by atoms with E-state index < -0.39 is 0 Å². The fraction of sp³-hybridized carbons (Fsp3) is 0.455. The minimum atomic E-state index is 0.0397. The Kier molecular flexibility index (Phi) is 4.77. The average molecular weight is 406 g/mol. The number of likely N-dealkylation sites (tertiary alicyclic amines) is 1. The summed E-state index contributed by atoms with van der Waals surface area (Å²) in [6.45, 7) is 6.76. The second-order valence-corrected chi connectivity index (χ2v) is 8.21. The quantitative estimate of drug-likeness (QED) is 0.648. The standard InChI is InChI=1S/C22H26N6O2/c1-3-19-24-25-22(30-19)26-11-16-12-28(20(29)14-27-10-6-9-23-27)21(18(16)13-26)17-8-5-4-7-15(17)2/h4-10,16,18,21H,3,11-14H2,1-2H3/t16-,18-,21-/m0/s1. The molecule has 3 aromatic rings. The van der Waals surface area contributed by atoms with Crippen molar-refractivity contribution in [3.8, 4) is 0 Å². The third-order valence-electron chi connectivity index (χ3n) is 6.38. The van der Waals surface area contributed by atoms with Crippen LogP contribution in [-0.4, -0.2) is 50.4 Å². The Morgan fingerprint density at radius 1 is 1.17 bits per heavy atom. The molecular formula is C22H26N6O2. The zero-order chi connectivity index (χ0) is 20.7. The number of fused-ring (bicyclic) bond motifs is 1. The molecule has 2 fully saturated rings. The lowest BCUT2D eigenvalue weighted by Crippen LogP contribution is -2.38. The summed E-state index contributed by atoms with van der Waals surface area (Å²) >= 11 is 0. The third kappa shape index (κ3) is 3.26. The molecule has 1 aromatic carbocycles. The molecule has 0 N–H and O–H groups in total. The number of hydrogen-bond donors (Lipinski definition) is 0. The van der Waals surface area contributed by atoms with Gasteiger partial charge < -0.3 is 14.2 Å². The molecule has 8 heteroatoms. The van der Waals surface area contributed by atoms with Gasteiger partial charge in [0.1, 0.15) is 6.54 Å². The van der Waals surface area contributed by atoms with Gasteiger partial charge in [-0.3, -0.25) is 9.48 Å². The van der Waals surface area contributed by atoms with Crippen molar-refractivity contribution in [3.05, 3.63) is 59.7 Å². The zero-order valence-electron chi connectivity index (χ0n) is 17.3. The Bertz CT molecular complexity index is 1030. The molecule has 0 unspecified atom stereocenters. The molecule has 2 saturated heterocycles. The van der Waals surface area contributed by atoms with Crippen LogP contribution in [0.3, 0.4) is 0 Å². The number of anilines is 1. The first kappa shape index (κ1) is 18.8. The van der Waals surface area contributed by atoms with E-state index in [-0.39, 0.29) is 18.5 Å². The van der Waals surface area contributed by atoms with E-state index in [1.54, 1.807) is 10.9 Å². The maximum Gasteiger partial charge on any atom is 0.318 e. The molecule has 1 amide bonds. The molecular weight excluding hydrogens is 380 g/mol. The maximum absolute atomic E-state index is 13.2. The second kappa shape index (κ2) is 7.59. The van der Waals surface area contributed by atoms with Gasteiger partial charge in [0.15, 0.2) is 0 Å². The van der Waals surface area contributed by atoms with E-state index >= 15 is 0 Å². The largest absolute Gasteiger partial charge is 0.408 e. The number of benzene rings is 1. The van der Waals surface area contributed by atoms with Crippen molar-refractivity contribution in [1.29, 1.82) is 0 Å². The average Bonchev–Trinajstić information content (AvgIpc) is 3.51. The van der Waals surface area contributed by atoms with Crippen molar-refractivity contribution in [2.75, 3.05) is 24.5 Å². The molecule has 8 nitrogen and oxygen atoms in total. The van der Waals surface area contributed by atoms with Crippen LogP contribution in [0.5, 0.6) is 0 Å². The Labute approximate surface area is 175 Å². The van der Waals surface area contributed by atoms with Crippen LogP contribution in [0.15, 0.2) is 47.1 Å². The number of hydrogen-bond acceptors (Lipinski definition) is 6. The molecule has 0 spiro atoms. The lowest BCUT2D eigenvalue weighted by molar-refractivity contribution is -0.133. The molecule has 0 aliphatic carbocycles. The van der Waals surface area contributed by atoms with Gasteiger partial charge in [0, 0.05) is 50.3 Å². The first-order valence-corrected chi connectivity index (χ1v) is 10.5. The molecule has 0 bridgehead atoms. The van der Waals surface area contributed by atoms with Gasteiger partial charge in [-0.1, -0.05) is 36.3 Å². The van der Waals surface area contributed by atoms with Crippen molar-refractivity contribution in [2.45, 2.75) is 32.9 Å². The Morgan fingerprint density at radius 3 is 2.77 bits per heavy atom. The lowest BCUT2D eigenvalue weighted by Gasteiger charge is -2.30. The van der Waals surface area contributed by atoms with Crippen molar-refractivity contribution in [1.82, 2.24) is 24.9 Å². The summed E-state index contributed by atoms with van der Waals surface area (Å²) in [5, 5.41) is 12.6. The lowest BCUT2D eigenvalue weighted by atomic mass is 9.87. The number of carbonyl (C=O) groups is 1. The summed E-state index contributed by atoms with van der Waals surface area (Å²) in [6.07, 6.45) is 4.27. The van der Waals surface area contributed by atoms with Gasteiger partial charge in [-0.15, -0.1) is 5.10 Å². The van der Waals surface area contributed by atoms with Crippen LogP contribution in [-0.2, 0) is 17.8 Å². The molecule has 156 valence electrons. The smallest absolute Gasteiger partial charge is 0.318 e. The Balaban J connectivity index is 1.43. The van der Waals surface area contributed by atoms with E-state index in [1.165, 1.54) is 11.1 Å². The van der Waals surface area contributed by atoms with Gasteiger partial charge in [0.2, 0.25) is 11.8 Å². The van der Waals surface area contributed by atoms with E-state index in [9.17, 15) is 4.79 Å². The van der Waals surface area contributed by atoms with E-state index in [2.05, 4.69) is 50.2 Å². The molecule has 2 aliphatic rings. The predicted molar refractivity (Wildman–Crippen MR) is 111 cm³/mol. The normalized spacial score (nSPS) is 23.2. The molecule has 2 aromatic heterocycles. The van der Waals surface area contributed by atoms with Crippen LogP contribution < -0.4 is 4.90 Å². The fourth-order valence-corrected chi connectivity index (χ4v) is 4.91. The number of rotatable bonds is 5. The van der Waals surface area contributed by atoms with Gasteiger partial charge in [-0.25, -0.2) is 0 Å². The third-order valence-corrected chi connectivity index (χ3v) is 6.38. The van der Waals surface area contributed by atoms with Gasteiger partial charge in [-0.05, 0) is 24.1 Å². The maximum atomic E-state index is 13.2. The zero-order valence-corrected chi connectivity index (χ0v) is 17.3. The summed E-state index contributed by atoms with van der Waals surface area (Å²) in [4.78, 5) is 17.5. The highest BCUT2D eigenvalue weighted by atomic mass is 16.4. The number of nitrogens with zero attached hydrogens (tertiary/aromatic N) is 6. The van der Waals surface area contributed by atoms with Crippen LogP contribution in [0.2, 0.25) is 0 Å². The monoisotopic (exact) mass is 406 g/mol. The highest BCUT2D eigenvalue weighted by Crippen LogP contribution is 2.46. The van der Waals surface area contributed by atoms with Crippen LogP contribution in [0.4, 0.5) is 6.01 Å². The van der Waals surface area contributed by atoms with E-state index in [0.29, 0.717) is 23.7 Å². The Hall–Kier alpha value is -3.16. The molecule has 5 rings (SSSR count). The predicted octanol–water partition coefficient (Wildman–Crippen LogP) is 2.47. The van der Waals surface area contributed by atoms with Crippen molar-refractivity contribution in [3.63, 3.8) is 0 Å². The van der Waals surface area contributed by atoms with Crippen molar-refractivity contribution in [2.24, 2.45) is 11.8 Å². The minimum Gasteiger partial charge on any atom is -0.408 e. The van der Waals surface area contributed by atoms with Gasteiger partial charge in [0.25, 0.3) is 0 Å². The van der Waals surface area contributed by atoms with Gasteiger partial charge >= 0.3 is 6.01 Å². The topological polar surface area (TPSA) is 80.3 Å². The van der Waals surface area contributed by atoms with Crippen LogP contribution in [0, 0.1) is 18.8 Å². The summed E-state index contributed by atoms with van der Waals surface area (Å²) in [5.41, 5.74) is 2.44. The van der Waals surface area contributed by atoms with Gasteiger partial charge in [0.05, 0.1) is 6.04 Å². The van der Waals surface area contributed by atoms with Crippen LogP contribution in [0.25, 0.3) is 0 Å². The first-order valence-electron chi connectivity index (χ1n) is 10.5. The minimum absolute atomic E-state index is 0.0397. The summed E-state index contributed by atoms with van der Waals surface area (Å²) in [5.74, 6) is 1.46. The number of carbonyl (C=O) groups excluding carboxylic acids is 1. The highest BCUT2D eigenvalue weighted by Gasteiger charge is 2.50. The van der Waals surface area contributed by atoms with E-state index in [4.69, 9.17) is 4.42 Å². The first-order chi connectivity index (χ1) is 14.6. The van der Waals surface area contributed by atoms with E-state index in [1.807, 2.05) is 25.3 Å². The van der Waals surface area contributed by atoms with Crippen molar-refractivity contribution < 1.29 is 9.21 Å². The van der Waals surface area contributed by atoms with Crippen LogP contribution in [0.1, 0.15) is 30.0 Å². The highest BCUT2D eigenvalue weighted by molar-refractivity contribution is 5.77. The summed E-state index contributed by atoms with van der Waals surface area (Å²) in [7, 11) is 0. The van der Waals surface area contributed by atoms with Crippen LogP contribution >= 0.6 is 0 Å². The van der Waals surface area contributed by atoms with Crippen molar-refractivity contribution >= 4 is 11.9 Å². The summed E-state index contributed by atoms with van der Waals surface area (Å²) < 4.78 is 7.50. The second-order valence-electron chi connectivity index (χ2n) is 8.21. The Morgan fingerprint density at radius 2 is 2.03 bits per heavy atom. The van der Waals surface area contributed by atoms with Gasteiger partial charge in [-0.2, -0.15) is 5.10 Å². The molecule has 4 heterocycles. The molecule has 3 atom stereocenters. The number of aromatic nitrogens is 4. The SMILES string of the molecule is CCc1nnc(N2C[C@H]3CN(C(=O)Cn4cccn4)[C@@H](c4ccccc4C)[C@H]3C2)o1. The van der Waals surface area contributed by atoms with E-state index in [0.717, 1.165) is 26.1 Å². The molecule has 0 saturated carbocycles. The number of aryl methyl sites for hydroxylation is 2. The molecule has 30 heavy (non-hydrogen) atoms. The molecule has 0 radical (unpaired) electrons. The number of amides is 1. The fourth-order valence-electron chi connectivity index (χ4n) is 4.91. The molecule has 2 aliphatic heterocycles. The summed E-state index contributed by atoms with van der Waals surface area (Å²) in [6, 6.07) is 10.9.